The Morgan fingerprint density at radius 2 is 1.76 bits per heavy atom. The van der Waals surface area contributed by atoms with Crippen LogP contribution in [0.25, 0.3) is 0 Å². The Morgan fingerprint density at radius 3 is 2.52 bits per heavy atom. The van der Waals surface area contributed by atoms with E-state index in [2.05, 4.69) is 22.0 Å². The van der Waals surface area contributed by atoms with Crippen molar-refractivity contribution in [3.05, 3.63) is 92.8 Å². The van der Waals surface area contributed by atoms with Gasteiger partial charge in [0.05, 0.1) is 6.04 Å². The van der Waals surface area contributed by atoms with Gasteiger partial charge in [0.1, 0.15) is 11.5 Å². The van der Waals surface area contributed by atoms with Crippen molar-refractivity contribution in [3.63, 3.8) is 0 Å². The summed E-state index contributed by atoms with van der Waals surface area (Å²) >= 11 is 0. The summed E-state index contributed by atoms with van der Waals surface area (Å²) in [5.74, 6) is 1.63. The van der Waals surface area contributed by atoms with E-state index >= 15 is 0 Å². The van der Waals surface area contributed by atoms with Crippen LogP contribution in [0.1, 0.15) is 30.0 Å². The lowest BCUT2D eigenvalue weighted by Gasteiger charge is -2.33. The first-order chi connectivity index (χ1) is 14.1. The van der Waals surface area contributed by atoms with Gasteiger partial charge in [0.25, 0.3) is 5.56 Å². The molecule has 150 valence electrons. The number of aryl methyl sites for hydroxylation is 1. The molecule has 0 amide bonds. The molecule has 1 saturated heterocycles. The second-order valence-electron chi connectivity index (χ2n) is 7.57. The smallest absolute Gasteiger partial charge is 0.328 e. The van der Waals surface area contributed by atoms with Gasteiger partial charge in [-0.15, -0.1) is 0 Å². The number of hydrogen-bond acceptors (Lipinski definition) is 4. The summed E-state index contributed by atoms with van der Waals surface area (Å²) in [7, 11) is 0. The van der Waals surface area contributed by atoms with Gasteiger partial charge in [-0.2, -0.15) is 0 Å². The Kier molecular flexibility index (Phi) is 5.62. The average Bonchev–Trinajstić information content (AvgIpc) is 2.73. The van der Waals surface area contributed by atoms with Crippen molar-refractivity contribution in [3.8, 4) is 11.5 Å². The third-order valence-corrected chi connectivity index (χ3v) is 5.33. The molecule has 0 aliphatic carbocycles. The number of aromatic amines is 1. The molecule has 0 bridgehead atoms. The highest BCUT2D eigenvalue weighted by Crippen LogP contribution is 2.24. The highest BCUT2D eigenvalue weighted by Gasteiger charge is 2.22. The summed E-state index contributed by atoms with van der Waals surface area (Å²) in [5.41, 5.74) is 1.14. The van der Waals surface area contributed by atoms with E-state index in [4.69, 9.17) is 4.74 Å². The van der Waals surface area contributed by atoms with Crippen LogP contribution in [0.4, 0.5) is 0 Å². The SMILES string of the molecule is Cc1cn(C2CCCN(Cc3ccc(Oc4ccccc4)cc3)C2)c(=O)[nH]c1=O. The second kappa shape index (κ2) is 8.49. The molecule has 1 aromatic heterocycles. The minimum Gasteiger partial charge on any atom is -0.457 e. The van der Waals surface area contributed by atoms with Crippen LogP contribution in [0, 0.1) is 6.92 Å². The van der Waals surface area contributed by atoms with Gasteiger partial charge in [-0.25, -0.2) is 4.79 Å². The first-order valence-electron chi connectivity index (χ1n) is 9.95. The van der Waals surface area contributed by atoms with Gasteiger partial charge in [-0.1, -0.05) is 30.3 Å². The van der Waals surface area contributed by atoms with Crippen molar-refractivity contribution < 1.29 is 4.74 Å². The molecule has 0 saturated carbocycles. The first-order valence-corrected chi connectivity index (χ1v) is 9.95. The van der Waals surface area contributed by atoms with Crippen molar-refractivity contribution in [2.45, 2.75) is 32.4 Å². The number of ether oxygens (including phenoxy) is 1. The fourth-order valence-corrected chi connectivity index (χ4v) is 3.80. The molecule has 1 aliphatic heterocycles. The number of hydrogen-bond donors (Lipinski definition) is 1. The van der Waals surface area contributed by atoms with Crippen LogP contribution in [0.3, 0.4) is 0 Å². The van der Waals surface area contributed by atoms with Crippen LogP contribution >= 0.6 is 0 Å². The van der Waals surface area contributed by atoms with E-state index in [1.54, 1.807) is 17.7 Å². The number of benzene rings is 2. The molecule has 1 atom stereocenters. The van der Waals surface area contributed by atoms with Gasteiger partial charge in [-0.3, -0.25) is 19.2 Å². The van der Waals surface area contributed by atoms with E-state index in [9.17, 15) is 9.59 Å². The second-order valence-corrected chi connectivity index (χ2v) is 7.57. The number of H-pyrrole nitrogens is 1. The maximum atomic E-state index is 12.2. The average molecular weight is 391 g/mol. The molecule has 2 aromatic carbocycles. The molecular formula is C23H25N3O3. The third kappa shape index (κ3) is 4.66. The minimum absolute atomic E-state index is 0.0764. The quantitative estimate of drug-likeness (QED) is 0.723. The highest BCUT2D eigenvalue weighted by atomic mass is 16.5. The van der Waals surface area contributed by atoms with E-state index in [-0.39, 0.29) is 17.3 Å². The maximum Gasteiger partial charge on any atom is 0.328 e. The van der Waals surface area contributed by atoms with Crippen molar-refractivity contribution in [2.75, 3.05) is 13.1 Å². The van der Waals surface area contributed by atoms with Gasteiger partial charge in [0.2, 0.25) is 0 Å². The van der Waals surface area contributed by atoms with Crippen LogP contribution in [-0.2, 0) is 6.54 Å². The Morgan fingerprint density at radius 1 is 1.03 bits per heavy atom. The molecule has 3 aromatic rings. The Bertz CT molecular complexity index is 1070. The number of nitrogens with zero attached hydrogens (tertiary/aromatic N) is 2. The van der Waals surface area contributed by atoms with Gasteiger partial charge in [0, 0.05) is 24.8 Å². The molecule has 6 heteroatoms. The number of piperidine rings is 1. The monoisotopic (exact) mass is 391 g/mol. The molecular weight excluding hydrogens is 366 g/mol. The largest absolute Gasteiger partial charge is 0.457 e. The van der Waals surface area contributed by atoms with Crippen LogP contribution in [0.15, 0.2) is 70.4 Å². The number of aromatic nitrogens is 2. The molecule has 29 heavy (non-hydrogen) atoms. The summed E-state index contributed by atoms with van der Waals surface area (Å²) in [6, 6.07) is 17.9. The topological polar surface area (TPSA) is 67.3 Å². The molecule has 6 nitrogen and oxygen atoms in total. The molecule has 1 fully saturated rings. The highest BCUT2D eigenvalue weighted by molar-refractivity contribution is 5.33. The fourth-order valence-electron chi connectivity index (χ4n) is 3.80. The van der Waals surface area contributed by atoms with Crippen LogP contribution < -0.4 is 16.0 Å². The molecule has 2 heterocycles. The number of para-hydroxylation sites is 1. The standard InChI is InChI=1S/C23H25N3O3/c1-17-14-26(23(28)24-22(17)27)19-6-5-13-25(16-19)15-18-9-11-21(12-10-18)29-20-7-3-2-4-8-20/h2-4,7-12,14,19H,5-6,13,15-16H2,1H3,(H,24,27,28). The normalized spacial score (nSPS) is 17.2. The Balaban J connectivity index is 1.41. The predicted molar refractivity (Wildman–Crippen MR) is 113 cm³/mol. The molecule has 0 spiro atoms. The van der Waals surface area contributed by atoms with Crippen molar-refractivity contribution in [1.82, 2.24) is 14.5 Å². The van der Waals surface area contributed by atoms with E-state index in [0.29, 0.717) is 5.56 Å². The van der Waals surface area contributed by atoms with Crippen molar-refractivity contribution in [2.24, 2.45) is 0 Å². The molecule has 4 rings (SSSR count). The zero-order valence-electron chi connectivity index (χ0n) is 16.5. The van der Waals surface area contributed by atoms with Crippen LogP contribution in [0.2, 0.25) is 0 Å². The van der Waals surface area contributed by atoms with Crippen molar-refractivity contribution in [1.29, 1.82) is 0 Å². The summed E-state index contributed by atoms with van der Waals surface area (Å²) in [6.45, 7) is 4.33. The zero-order valence-corrected chi connectivity index (χ0v) is 16.5. The van der Waals surface area contributed by atoms with E-state index in [0.717, 1.165) is 44.0 Å². The molecule has 1 aliphatic rings. The van der Waals surface area contributed by atoms with Gasteiger partial charge in [0.15, 0.2) is 0 Å². The lowest BCUT2D eigenvalue weighted by molar-refractivity contribution is 0.167. The number of nitrogens with one attached hydrogen (secondary N) is 1. The van der Waals surface area contributed by atoms with Crippen LogP contribution in [-0.4, -0.2) is 27.5 Å². The Hall–Kier alpha value is -3.12. The maximum absolute atomic E-state index is 12.2. The summed E-state index contributed by atoms with van der Waals surface area (Å²) in [4.78, 5) is 28.6. The Labute approximate surface area is 169 Å². The van der Waals surface area contributed by atoms with Gasteiger partial charge >= 0.3 is 5.69 Å². The van der Waals surface area contributed by atoms with Crippen LogP contribution in [0.5, 0.6) is 11.5 Å². The zero-order chi connectivity index (χ0) is 20.2. The van der Waals surface area contributed by atoms with E-state index < -0.39 is 0 Å². The fraction of sp³-hybridized carbons (Fsp3) is 0.304. The minimum atomic E-state index is -0.324. The summed E-state index contributed by atoms with van der Waals surface area (Å²) in [5, 5.41) is 0. The molecule has 1 unspecified atom stereocenters. The predicted octanol–water partition coefficient (Wildman–Crippen LogP) is 3.47. The molecule has 0 radical (unpaired) electrons. The number of likely N-dealkylation sites (tertiary alicyclic amines) is 1. The lowest BCUT2D eigenvalue weighted by atomic mass is 10.0. The third-order valence-electron chi connectivity index (χ3n) is 5.33. The first kappa shape index (κ1) is 19.2. The molecule has 1 N–H and O–H groups in total. The van der Waals surface area contributed by atoms with Gasteiger partial charge in [-0.05, 0) is 56.1 Å². The summed E-state index contributed by atoms with van der Waals surface area (Å²) < 4.78 is 7.53. The van der Waals surface area contributed by atoms with E-state index in [1.165, 1.54) is 5.56 Å². The van der Waals surface area contributed by atoms with Gasteiger partial charge < -0.3 is 4.74 Å². The summed E-state index contributed by atoms with van der Waals surface area (Å²) in [6.07, 6.45) is 3.64. The van der Waals surface area contributed by atoms with Crippen molar-refractivity contribution >= 4 is 0 Å². The number of rotatable bonds is 5. The lowest BCUT2D eigenvalue weighted by Crippen LogP contribution is -2.41. The van der Waals surface area contributed by atoms with E-state index in [1.807, 2.05) is 42.5 Å².